The van der Waals surface area contributed by atoms with Gasteiger partial charge in [0.1, 0.15) is 20.4 Å². The van der Waals surface area contributed by atoms with E-state index in [0.29, 0.717) is 6.61 Å². The quantitative estimate of drug-likeness (QED) is 0.660. The number of para-hydroxylation sites is 1. The van der Waals surface area contributed by atoms with Crippen LogP contribution in [0.4, 0.5) is 0 Å². The maximum Gasteiger partial charge on any atom is 0.486 e. The van der Waals surface area contributed by atoms with E-state index in [1.807, 2.05) is 30.3 Å². The van der Waals surface area contributed by atoms with Gasteiger partial charge in [0.15, 0.2) is 0 Å². The van der Waals surface area contributed by atoms with E-state index in [1.165, 1.54) is 10.4 Å². The summed E-state index contributed by atoms with van der Waals surface area (Å²) < 4.78 is 18.6. The Labute approximate surface area is 170 Å². The monoisotopic (exact) mass is 394 g/mol. The summed E-state index contributed by atoms with van der Waals surface area (Å²) in [6.45, 7) is 13.6. The molecule has 0 aromatic heterocycles. The molecule has 0 atom stereocenters. The molecular weight excluding hydrogens is 363 g/mol. The minimum atomic E-state index is -1.95. The predicted octanol–water partition coefficient (Wildman–Crippen LogP) is 4.78. The van der Waals surface area contributed by atoms with Crippen LogP contribution in [-0.4, -0.2) is 33.0 Å². The molecule has 3 nitrogen and oxygen atoms in total. The SMILES string of the molecule is CC1(C)OB(/C=C(/COc2ccccc2)[Si](C)(C)c2ccccc2)OC1(C)C. The number of benzene rings is 2. The summed E-state index contributed by atoms with van der Waals surface area (Å²) in [6.07, 6.45) is 0. The zero-order valence-corrected chi connectivity index (χ0v) is 18.9. The van der Waals surface area contributed by atoms with Crippen LogP contribution in [0.5, 0.6) is 5.75 Å². The fourth-order valence-electron chi connectivity index (χ4n) is 3.28. The van der Waals surface area contributed by atoms with Gasteiger partial charge in [0.05, 0.1) is 11.2 Å². The Morgan fingerprint density at radius 3 is 1.93 bits per heavy atom. The molecule has 1 aliphatic heterocycles. The maximum absolute atomic E-state index is 6.25. The zero-order chi connectivity index (χ0) is 20.4. The first kappa shape index (κ1) is 20.9. The molecular formula is C23H31BO3Si. The highest BCUT2D eigenvalue weighted by Crippen LogP contribution is 2.37. The third kappa shape index (κ3) is 4.43. The van der Waals surface area contributed by atoms with Gasteiger partial charge in [-0.05, 0) is 45.0 Å². The molecule has 1 aliphatic rings. The first-order valence-corrected chi connectivity index (χ1v) is 12.9. The summed E-state index contributed by atoms with van der Waals surface area (Å²) in [5, 5.41) is 2.63. The number of rotatable bonds is 6. The molecule has 0 aliphatic carbocycles. The van der Waals surface area contributed by atoms with E-state index in [4.69, 9.17) is 14.0 Å². The van der Waals surface area contributed by atoms with Crippen molar-refractivity contribution in [3.05, 3.63) is 71.8 Å². The standard InChI is InChI=1S/C23H31BO3Si/c1-22(2)23(3,4)27-24(26-22)17-21(18-25-19-13-9-7-10-14-19)28(5,6)20-15-11-8-12-16-20/h7-17H,18H2,1-6H3/b21-17-. The predicted molar refractivity (Wildman–Crippen MR) is 120 cm³/mol. The van der Waals surface area contributed by atoms with Crippen LogP contribution < -0.4 is 9.92 Å². The minimum Gasteiger partial charge on any atom is -0.490 e. The van der Waals surface area contributed by atoms with E-state index < -0.39 is 8.07 Å². The van der Waals surface area contributed by atoms with Gasteiger partial charge < -0.3 is 14.0 Å². The highest BCUT2D eigenvalue weighted by atomic mass is 28.3. The first-order valence-electron chi connectivity index (χ1n) is 9.92. The number of ether oxygens (including phenoxy) is 1. The van der Waals surface area contributed by atoms with Crippen molar-refractivity contribution in [2.24, 2.45) is 0 Å². The Bertz CT molecular complexity index is 800. The van der Waals surface area contributed by atoms with Crippen molar-refractivity contribution in [3.63, 3.8) is 0 Å². The lowest BCUT2D eigenvalue weighted by molar-refractivity contribution is 0.00578. The summed E-state index contributed by atoms with van der Waals surface area (Å²) in [5.41, 5.74) is -0.698. The van der Waals surface area contributed by atoms with Crippen LogP contribution in [0.15, 0.2) is 71.8 Å². The van der Waals surface area contributed by atoms with Crippen molar-refractivity contribution in [2.75, 3.05) is 6.61 Å². The Morgan fingerprint density at radius 2 is 1.39 bits per heavy atom. The van der Waals surface area contributed by atoms with Gasteiger partial charge >= 0.3 is 7.12 Å². The van der Waals surface area contributed by atoms with E-state index in [-0.39, 0.29) is 18.3 Å². The Morgan fingerprint density at radius 1 is 0.893 bits per heavy atom. The van der Waals surface area contributed by atoms with Gasteiger partial charge in [-0.15, -0.1) is 0 Å². The second kappa shape index (κ2) is 7.90. The van der Waals surface area contributed by atoms with Crippen molar-refractivity contribution in [2.45, 2.75) is 52.0 Å². The third-order valence-electron chi connectivity index (χ3n) is 6.04. The summed E-state index contributed by atoms with van der Waals surface area (Å²) in [6, 6.07) is 20.7. The summed E-state index contributed by atoms with van der Waals surface area (Å²) in [4.78, 5) is 0. The topological polar surface area (TPSA) is 27.7 Å². The largest absolute Gasteiger partial charge is 0.490 e. The van der Waals surface area contributed by atoms with Crippen LogP contribution in [0.25, 0.3) is 0 Å². The molecule has 5 heteroatoms. The molecule has 1 fully saturated rings. The molecule has 0 saturated carbocycles. The molecule has 0 unspecified atom stereocenters. The first-order chi connectivity index (χ1) is 13.1. The van der Waals surface area contributed by atoms with E-state index in [9.17, 15) is 0 Å². The lowest BCUT2D eigenvalue weighted by atomic mass is 9.90. The maximum atomic E-state index is 6.25. The molecule has 0 bridgehead atoms. The molecule has 0 amide bonds. The molecule has 2 aromatic rings. The van der Waals surface area contributed by atoms with Gasteiger partial charge in [-0.3, -0.25) is 0 Å². The van der Waals surface area contributed by atoms with Crippen LogP contribution in [0.2, 0.25) is 13.1 Å². The average Bonchev–Trinajstić information content (AvgIpc) is 2.86. The van der Waals surface area contributed by atoms with Crippen molar-refractivity contribution < 1.29 is 14.0 Å². The molecule has 0 spiro atoms. The van der Waals surface area contributed by atoms with Crippen LogP contribution in [0.3, 0.4) is 0 Å². The van der Waals surface area contributed by atoms with Gasteiger partial charge in [0.25, 0.3) is 0 Å². The van der Waals surface area contributed by atoms with E-state index in [1.54, 1.807) is 0 Å². The smallest absolute Gasteiger partial charge is 0.486 e. The van der Waals surface area contributed by atoms with Gasteiger partial charge in [-0.2, -0.15) is 0 Å². The normalized spacial score (nSPS) is 18.9. The molecule has 0 N–H and O–H groups in total. The van der Waals surface area contributed by atoms with Crippen molar-refractivity contribution in [1.82, 2.24) is 0 Å². The average molecular weight is 394 g/mol. The third-order valence-corrected chi connectivity index (χ3v) is 9.74. The second-order valence-electron chi connectivity index (χ2n) is 8.91. The van der Waals surface area contributed by atoms with Crippen molar-refractivity contribution in [1.29, 1.82) is 0 Å². The summed E-state index contributed by atoms with van der Waals surface area (Å²) in [7, 11) is -2.31. The fourth-order valence-corrected chi connectivity index (χ4v) is 5.66. The van der Waals surface area contributed by atoms with Crippen LogP contribution in [-0.2, 0) is 9.31 Å². The molecule has 148 valence electrons. The number of hydrogen-bond acceptors (Lipinski definition) is 3. The molecule has 28 heavy (non-hydrogen) atoms. The highest BCUT2D eigenvalue weighted by Gasteiger charge is 2.50. The Kier molecular flexibility index (Phi) is 5.90. The fraction of sp³-hybridized carbons (Fsp3) is 0.391. The number of hydrogen-bond donors (Lipinski definition) is 0. The molecule has 1 saturated heterocycles. The summed E-state index contributed by atoms with van der Waals surface area (Å²) >= 11 is 0. The minimum absolute atomic E-state index is 0.349. The second-order valence-corrected chi connectivity index (χ2v) is 13.4. The molecule has 0 radical (unpaired) electrons. The van der Waals surface area contributed by atoms with Gasteiger partial charge in [0, 0.05) is 0 Å². The lowest BCUT2D eigenvalue weighted by Crippen LogP contribution is -2.46. The van der Waals surface area contributed by atoms with Crippen LogP contribution >= 0.6 is 0 Å². The van der Waals surface area contributed by atoms with Crippen molar-refractivity contribution in [3.8, 4) is 5.75 Å². The van der Waals surface area contributed by atoms with Crippen molar-refractivity contribution >= 4 is 20.4 Å². The van der Waals surface area contributed by atoms with E-state index >= 15 is 0 Å². The zero-order valence-electron chi connectivity index (χ0n) is 17.9. The Hall–Kier alpha value is -1.82. The van der Waals surface area contributed by atoms with Gasteiger partial charge in [-0.25, -0.2) is 0 Å². The summed E-state index contributed by atoms with van der Waals surface area (Å²) in [5.74, 6) is 3.03. The molecule has 3 rings (SSSR count). The van der Waals surface area contributed by atoms with E-state index in [0.717, 1.165) is 5.75 Å². The van der Waals surface area contributed by atoms with Crippen LogP contribution in [0.1, 0.15) is 27.7 Å². The van der Waals surface area contributed by atoms with Gasteiger partial charge in [-0.1, -0.05) is 72.8 Å². The molecule has 2 aromatic carbocycles. The highest BCUT2D eigenvalue weighted by molar-refractivity contribution is 6.96. The Balaban J connectivity index is 1.90. The lowest BCUT2D eigenvalue weighted by Gasteiger charge is -2.32. The molecule has 1 heterocycles. The van der Waals surface area contributed by atoms with Gasteiger partial charge in [0.2, 0.25) is 0 Å². The van der Waals surface area contributed by atoms with E-state index in [2.05, 4.69) is 77.1 Å². The van der Waals surface area contributed by atoms with Crippen LogP contribution in [0, 0.1) is 0 Å².